The Balaban J connectivity index is 1.66. The first-order valence-corrected chi connectivity index (χ1v) is 9.10. The second-order valence-corrected chi connectivity index (χ2v) is 6.38. The van der Waals surface area contributed by atoms with E-state index in [0.717, 1.165) is 0 Å². The summed E-state index contributed by atoms with van der Waals surface area (Å²) in [4.78, 5) is 31.5. The van der Waals surface area contributed by atoms with E-state index in [2.05, 4.69) is 25.3 Å². The minimum absolute atomic E-state index is 0.239. The summed E-state index contributed by atoms with van der Waals surface area (Å²) in [6.45, 7) is 0. The fourth-order valence-electron chi connectivity index (χ4n) is 2.66. The van der Waals surface area contributed by atoms with Gasteiger partial charge in [-0.25, -0.2) is 24.8 Å². The highest BCUT2D eigenvalue weighted by Crippen LogP contribution is 2.30. The molecule has 1 amide bonds. The van der Waals surface area contributed by atoms with E-state index < -0.39 is 0 Å². The summed E-state index contributed by atoms with van der Waals surface area (Å²) in [7, 11) is 0. The molecule has 0 atom stereocenters. The maximum absolute atomic E-state index is 12.5. The average Bonchev–Trinajstić information content (AvgIpc) is 2.76. The van der Waals surface area contributed by atoms with Crippen LogP contribution in [0.1, 0.15) is 10.4 Å². The quantitative estimate of drug-likeness (QED) is 0.523. The number of carbonyl (C=O) groups excluding carboxylic acids is 1. The van der Waals surface area contributed by atoms with E-state index in [-0.39, 0.29) is 5.91 Å². The van der Waals surface area contributed by atoms with Crippen LogP contribution in [0.2, 0.25) is 5.02 Å². The maximum atomic E-state index is 12.5. The second kappa shape index (κ2) is 8.45. The van der Waals surface area contributed by atoms with Gasteiger partial charge in [0.15, 0.2) is 0 Å². The van der Waals surface area contributed by atoms with Crippen molar-refractivity contribution in [2.45, 2.75) is 0 Å². The molecular weight excluding hydrogens is 388 g/mol. The van der Waals surface area contributed by atoms with Gasteiger partial charge in [0.1, 0.15) is 0 Å². The van der Waals surface area contributed by atoms with Gasteiger partial charge in [0.2, 0.25) is 11.9 Å². The van der Waals surface area contributed by atoms with Gasteiger partial charge in [-0.3, -0.25) is 4.79 Å². The number of anilines is 4. The second-order valence-electron chi connectivity index (χ2n) is 5.94. The van der Waals surface area contributed by atoms with Crippen LogP contribution in [-0.4, -0.2) is 25.8 Å². The van der Waals surface area contributed by atoms with E-state index in [1.807, 2.05) is 12.1 Å². The number of benzene rings is 2. The predicted octanol–water partition coefficient (Wildman–Crippen LogP) is 4.64. The summed E-state index contributed by atoms with van der Waals surface area (Å²) < 4.78 is 0. The standard InChI is InChI=1S/C21H15ClN6O/c22-16-8-6-15(7-9-16)19(29)27-17-4-1-5-18(14-17)28(20-23-10-2-11-24-20)21-25-12-3-13-26-21/h1-14H,(H,27,29). The maximum Gasteiger partial charge on any atom is 0.255 e. The summed E-state index contributed by atoms with van der Waals surface area (Å²) in [5, 5.41) is 3.46. The lowest BCUT2D eigenvalue weighted by Gasteiger charge is -2.21. The smallest absolute Gasteiger partial charge is 0.255 e. The topological polar surface area (TPSA) is 83.9 Å². The zero-order valence-corrected chi connectivity index (χ0v) is 15.9. The van der Waals surface area contributed by atoms with Crippen LogP contribution in [0.4, 0.5) is 23.3 Å². The summed E-state index contributed by atoms with van der Waals surface area (Å²) in [6.07, 6.45) is 6.57. The van der Waals surface area contributed by atoms with E-state index in [9.17, 15) is 4.79 Å². The highest BCUT2D eigenvalue weighted by Gasteiger charge is 2.17. The minimum atomic E-state index is -0.239. The Bertz CT molecular complexity index is 1070. The Morgan fingerprint density at radius 3 is 1.97 bits per heavy atom. The third-order valence-corrected chi connectivity index (χ3v) is 4.22. The van der Waals surface area contributed by atoms with Crippen LogP contribution in [0.25, 0.3) is 0 Å². The molecular formula is C21H15ClN6O. The molecule has 2 aromatic carbocycles. The number of halogens is 1. The monoisotopic (exact) mass is 402 g/mol. The molecule has 0 saturated carbocycles. The molecule has 2 heterocycles. The summed E-state index contributed by atoms with van der Waals surface area (Å²) >= 11 is 5.89. The summed E-state index contributed by atoms with van der Waals surface area (Å²) in [6, 6.07) is 17.5. The summed E-state index contributed by atoms with van der Waals surface area (Å²) in [5.74, 6) is 0.594. The molecule has 0 radical (unpaired) electrons. The SMILES string of the molecule is O=C(Nc1cccc(N(c2ncccn2)c2ncccn2)c1)c1ccc(Cl)cc1. The molecule has 0 saturated heterocycles. The van der Waals surface area contributed by atoms with Gasteiger partial charge in [-0.15, -0.1) is 0 Å². The number of nitrogens with zero attached hydrogens (tertiary/aromatic N) is 5. The van der Waals surface area contributed by atoms with Gasteiger partial charge in [0.05, 0.1) is 5.69 Å². The van der Waals surface area contributed by atoms with Crippen molar-refractivity contribution in [2.24, 2.45) is 0 Å². The highest BCUT2D eigenvalue weighted by molar-refractivity contribution is 6.30. The highest BCUT2D eigenvalue weighted by atomic mass is 35.5. The number of amides is 1. The van der Waals surface area contributed by atoms with Gasteiger partial charge in [0.25, 0.3) is 5.91 Å². The van der Waals surface area contributed by atoms with Gasteiger partial charge >= 0.3 is 0 Å². The number of hydrogen-bond donors (Lipinski definition) is 1. The van der Waals surface area contributed by atoms with Crippen molar-refractivity contribution in [1.82, 2.24) is 19.9 Å². The number of hydrogen-bond acceptors (Lipinski definition) is 6. The number of aromatic nitrogens is 4. The predicted molar refractivity (Wildman–Crippen MR) is 112 cm³/mol. The van der Waals surface area contributed by atoms with Gasteiger partial charge in [-0.1, -0.05) is 17.7 Å². The van der Waals surface area contributed by atoms with Gasteiger partial charge in [0, 0.05) is 41.1 Å². The Morgan fingerprint density at radius 1 is 0.793 bits per heavy atom. The third-order valence-electron chi connectivity index (χ3n) is 3.97. The van der Waals surface area contributed by atoms with Crippen LogP contribution in [-0.2, 0) is 0 Å². The molecule has 1 N–H and O–H groups in total. The van der Waals surface area contributed by atoms with E-state index in [0.29, 0.717) is 33.9 Å². The first-order valence-electron chi connectivity index (χ1n) is 8.72. The van der Waals surface area contributed by atoms with E-state index in [1.165, 1.54) is 0 Å². The Kier molecular flexibility index (Phi) is 5.40. The summed E-state index contributed by atoms with van der Waals surface area (Å²) in [5.41, 5.74) is 1.82. The van der Waals surface area contributed by atoms with Crippen LogP contribution in [0.15, 0.2) is 85.5 Å². The lowest BCUT2D eigenvalue weighted by atomic mass is 10.2. The number of nitrogens with one attached hydrogen (secondary N) is 1. The van der Waals surface area contributed by atoms with Crippen LogP contribution < -0.4 is 10.2 Å². The number of carbonyl (C=O) groups is 1. The van der Waals surface area contributed by atoms with Crippen molar-refractivity contribution >= 4 is 40.8 Å². The molecule has 2 aromatic heterocycles. The molecule has 0 bridgehead atoms. The zero-order valence-electron chi connectivity index (χ0n) is 15.1. The third kappa shape index (κ3) is 4.36. The van der Waals surface area contributed by atoms with Crippen molar-refractivity contribution in [3.63, 3.8) is 0 Å². The zero-order chi connectivity index (χ0) is 20.1. The number of rotatable bonds is 5. The van der Waals surface area contributed by atoms with Crippen molar-refractivity contribution in [3.05, 3.63) is 96.0 Å². The molecule has 0 aliphatic carbocycles. The molecule has 29 heavy (non-hydrogen) atoms. The normalized spacial score (nSPS) is 10.4. The van der Waals surface area contributed by atoms with Crippen LogP contribution in [0.5, 0.6) is 0 Å². The first kappa shape index (κ1) is 18.5. The van der Waals surface area contributed by atoms with Gasteiger partial charge < -0.3 is 5.32 Å². The molecule has 0 aliphatic rings. The van der Waals surface area contributed by atoms with Crippen molar-refractivity contribution < 1.29 is 4.79 Å². The lowest BCUT2D eigenvalue weighted by molar-refractivity contribution is 0.102. The van der Waals surface area contributed by atoms with Crippen molar-refractivity contribution in [1.29, 1.82) is 0 Å². The Hall–Kier alpha value is -3.84. The van der Waals surface area contributed by atoms with Crippen molar-refractivity contribution in [2.75, 3.05) is 10.2 Å². The molecule has 0 fully saturated rings. The molecule has 7 nitrogen and oxygen atoms in total. The fraction of sp³-hybridized carbons (Fsp3) is 0. The van der Waals surface area contributed by atoms with Crippen LogP contribution >= 0.6 is 11.6 Å². The Labute approximate surface area is 172 Å². The minimum Gasteiger partial charge on any atom is -0.322 e. The van der Waals surface area contributed by atoms with E-state index >= 15 is 0 Å². The van der Waals surface area contributed by atoms with Crippen molar-refractivity contribution in [3.8, 4) is 0 Å². The van der Waals surface area contributed by atoms with E-state index in [1.54, 1.807) is 78.2 Å². The molecule has 4 aromatic rings. The molecule has 0 aliphatic heterocycles. The lowest BCUT2D eigenvalue weighted by Crippen LogP contribution is -2.16. The first-order chi connectivity index (χ1) is 14.2. The van der Waals surface area contributed by atoms with Gasteiger partial charge in [-0.2, -0.15) is 0 Å². The molecule has 8 heteroatoms. The Morgan fingerprint density at radius 2 is 1.38 bits per heavy atom. The molecule has 142 valence electrons. The molecule has 4 rings (SSSR count). The van der Waals surface area contributed by atoms with Gasteiger partial charge in [-0.05, 0) is 54.6 Å². The average molecular weight is 403 g/mol. The fourth-order valence-corrected chi connectivity index (χ4v) is 2.79. The van der Waals surface area contributed by atoms with E-state index in [4.69, 9.17) is 11.6 Å². The van der Waals surface area contributed by atoms with Crippen LogP contribution in [0, 0.1) is 0 Å². The molecule has 0 unspecified atom stereocenters. The largest absolute Gasteiger partial charge is 0.322 e. The molecule has 0 spiro atoms. The van der Waals surface area contributed by atoms with Crippen LogP contribution in [0.3, 0.4) is 0 Å².